The maximum Gasteiger partial charge on any atom is 0.0591 e. The minimum absolute atomic E-state index is 0.360. The lowest BCUT2D eigenvalue weighted by molar-refractivity contribution is 0.0936. The molecule has 0 saturated carbocycles. The molecule has 1 aliphatic rings. The molecule has 94 valence electrons. The Morgan fingerprint density at radius 3 is 2.82 bits per heavy atom. The average molecular weight is 234 g/mol. The molecule has 3 N–H and O–H groups in total. The van der Waals surface area contributed by atoms with Gasteiger partial charge in [-0.2, -0.15) is 0 Å². The first kappa shape index (κ1) is 12.6. The number of hydrazine groups is 1. The predicted molar refractivity (Wildman–Crippen MR) is 69.5 cm³/mol. The van der Waals surface area contributed by atoms with Gasteiger partial charge in [-0.15, -0.1) is 0 Å². The van der Waals surface area contributed by atoms with Gasteiger partial charge in [0.05, 0.1) is 6.10 Å². The van der Waals surface area contributed by atoms with Crippen LogP contribution in [-0.2, 0) is 11.2 Å². The van der Waals surface area contributed by atoms with Gasteiger partial charge in [-0.05, 0) is 37.7 Å². The Kier molecular flexibility index (Phi) is 4.98. The first-order valence-electron chi connectivity index (χ1n) is 6.50. The molecule has 17 heavy (non-hydrogen) atoms. The topological polar surface area (TPSA) is 47.3 Å². The molecular weight excluding hydrogens is 212 g/mol. The lowest BCUT2D eigenvalue weighted by atomic mass is 10.00. The summed E-state index contributed by atoms with van der Waals surface area (Å²) < 4.78 is 5.64. The van der Waals surface area contributed by atoms with Gasteiger partial charge in [0.15, 0.2) is 0 Å². The Bertz CT molecular complexity index is 309. The van der Waals surface area contributed by atoms with Crippen molar-refractivity contribution >= 4 is 0 Å². The van der Waals surface area contributed by atoms with Crippen LogP contribution in [0.5, 0.6) is 0 Å². The maximum absolute atomic E-state index is 5.64. The van der Waals surface area contributed by atoms with E-state index in [0.717, 1.165) is 25.9 Å². The molecule has 1 aliphatic heterocycles. The predicted octanol–water partition coefficient (Wildman–Crippen LogP) is 2.02. The zero-order valence-electron chi connectivity index (χ0n) is 10.3. The summed E-state index contributed by atoms with van der Waals surface area (Å²) in [5, 5.41) is 0. The second-order valence-corrected chi connectivity index (χ2v) is 4.76. The van der Waals surface area contributed by atoms with Crippen molar-refractivity contribution in [3.05, 3.63) is 35.9 Å². The van der Waals surface area contributed by atoms with Crippen LogP contribution in [0.3, 0.4) is 0 Å². The summed E-state index contributed by atoms with van der Waals surface area (Å²) in [4.78, 5) is 0. The molecule has 1 fully saturated rings. The smallest absolute Gasteiger partial charge is 0.0591 e. The molecule has 0 spiro atoms. The minimum atomic E-state index is 0.360. The Labute approximate surface area is 103 Å². The summed E-state index contributed by atoms with van der Waals surface area (Å²) in [6, 6.07) is 10.9. The molecule has 2 atom stereocenters. The van der Waals surface area contributed by atoms with Crippen LogP contribution < -0.4 is 11.3 Å². The summed E-state index contributed by atoms with van der Waals surface area (Å²) in [5.41, 5.74) is 4.29. The van der Waals surface area contributed by atoms with E-state index in [1.807, 2.05) is 0 Å². The van der Waals surface area contributed by atoms with Gasteiger partial charge in [-0.3, -0.25) is 11.3 Å². The molecular formula is C14H22N2O. The number of ether oxygens (including phenoxy) is 1. The molecule has 3 heteroatoms. The van der Waals surface area contributed by atoms with E-state index in [0.29, 0.717) is 12.1 Å². The fraction of sp³-hybridized carbons (Fsp3) is 0.571. The maximum atomic E-state index is 5.64. The SMILES string of the molecule is NNC(CCc1ccccc1)CC1CCCO1. The van der Waals surface area contributed by atoms with Crippen molar-refractivity contribution in [2.45, 2.75) is 44.2 Å². The van der Waals surface area contributed by atoms with Gasteiger partial charge in [-0.1, -0.05) is 30.3 Å². The highest BCUT2D eigenvalue weighted by Crippen LogP contribution is 2.18. The molecule has 0 radical (unpaired) electrons. The van der Waals surface area contributed by atoms with Gasteiger partial charge in [0.2, 0.25) is 0 Å². The van der Waals surface area contributed by atoms with Crippen molar-refractivity contribution < 1.29 is 4.74 Å². The summed E-state index contributed by atoms with van der Waals surface area (Å²) in [6.45, 7) is 0.917. The van der Waals surface area contributed by atoms with Crippen molar-refractivity contribution in [1.82, 2.24) is 5.43 Å². The van der Waals surface area contributed by atoms with Crippen LogP contribution in [0, 0.1) is 0 Å². The Balaban J connectivity index is 1.75. The number of benzene rings is 1. The van der Waals surface area contributed by atoms with Crippen molar-refractivity contribution in [2.75, 3.05) is 6.61 Å². The van der Waals surface area contributed by atoms with Gasteiger partial charge in [0, 0.05) is 12.6 Å². The van der Waals surface area contributed by atoms with Gasteiger partial charge in [0.25, 0.3) is 0 Å². The number of rotatable bonds is 6. The fourth-order valence-electron chi connectivity index (χ4n) is 2.40. The molecule has 1 saturated heterocycles. The fourth-order valence-corrected chi connectivity index (χ4v) is 2.40. The number of aryl methyl sites for hydroxylation is 1. The van der Waals surface area contributed by atoms with Gasteiger partial charge in [-0.25, -0.2) is 0 Å². The molecule has 1 aromatic carbocycles. The Morgan fingerprint density at radius 2 is 2.18 bits per heavy atom. The summed E-state index contributed by atoms with van der Waals surface area (Å²) in [5.74, 6) is 5.61. The zero-order chi connectivity index (χ0) is 11.9. The van der Waals surface area contributed by atoms with Gasteiger partial charge < -0.3 is 4.74 Å². The summed E-state index contributed by atoms with van der Waals surface area (Å²) in [6.07, 6.45) is 5.96. The van der Waals surface area contributed by atoms with Crippen LogP contribution in [0.25, 0.3) is 0 Å². The Hall–Kier alpha value is -0.900. The van der Waals surface area contributed by atoms with Crippen molar-refractivity contribution in [2.24, 2.45) is 5.84 Å². The number of hydrogen-bond acceptors (Lipinski definition) is 3. The molecule has 2 rings (SSSR count). The number of nitrogens with one attached hydrogen (secondary N) is 1. The zero-order valence-corrected chi connectivity index (χ0v) is 10.3. The van der Waals surface area contributed by atoms with Gasteiger partial charge >= 0.3 is 0 Å². The molecule has 1 heterocycles. The van der Waals surface area contributed by atoms with E-state index >= 15 is 0 Å². The second kappa shape index (κ2) is 6.74. The third-order valence-electron chi connectivity index (χ3n) is 3.43. The van der Waals surface area contributed by atoms with Crippen LogP contribution in [0.2, 0.25) is 0 Å². The van der Waals surface area contributed by atoms with E-state index in [4.69, 9.17) is 10.6 Å². The molecule has 3 nitrogen and oxygen atoms in total. The molecule has 0 aromatic heterocycles. The second-order valence-electron chi connectivity index (χ2n) is 4.76. The molecule has 0 bridgehead atoms. The van der Waals surface area contributed by atoms with Crippen molar-refractivity contribution in [3.8, 4) is 0 Å². The summed E-state index contributed by atoms with van der Waals surface area (Å²) in [7, 11) is 0. The van der Waals surface area contributed by atoms with E-state index < -0.39 is 0 Å². The quantitative estimate of drug-likeness (QED) is 0.585. The lowest BCUT2D eigenvalue weighted by Crippen LogP contribution is -2.38. The highest BCUT2D eigenvalue weighted by atomic mass is 16.5. The van der Waals surface area contributed by atoms with Gasteiger partial charge in [0.1, 0.15) is 0 Å². The number of nitrogens with two attached hydrogens (primary N) is 1. The third-order valence-corrected chi connectivity index (χ3v) is 3.43. The van der Waals surface area contributed by atoms with E-state index in [9.17, 15) is 0 Å². The van der Waals surface area contributed by atoms with Crippen molar-refractivity contribution in [3.63, 3.8) is 0 Å². The van der Waals surface area contributed by atoms with Crippen LogP contribution in [-0.4, -0.2) is 18.8 Å². The molecule has 0 aliphatic carbocycles. The third kappa shape index (κ3) is 4.11. The summed E-state index contributed by atoms with van der Waals surface area (Å²) >= 11 is 0. The normalized spacial score (nSPS) is 21.6. The molecule has 0 amide bonds. The van der Waals surface area contributed by atoms with Crippen LogP contribution in [0.1, 0.15) is 31.2 Å². The van der Waals surface area contributed by atoms with E-state index in [2.05, 4.69) is 35.8 Å². The van der Waals surface area contributed by atoms with Crippen LogP contribution in [0.4, 0.5) is 0 Å². The van der Waals surface area contributed by atoms with Crippen LogP contribution >= 0.6 is 0 Å². The largest absolute Gasteiger partial charge is 0.378 e. The van der Waals surface area contributed by atoms with E-state index in [-0.39, 0.29) is 0 Å². The lowest BCUT2D eigenvalue weighted by Gasteiger charge is -2.19. The van der Waals surface area contributed by atoms with Crippen molar-refractivity contribution in [1.29, 1.82) is 0 Å². The standard InChI is InChI=1S/C14H22N2O/c15-16-13(11-14-7-4-10-17-14)9-8-12-5-2-1-3-6-12/h1-3,5-6,13-14,16H,4,7-11,15H2. The molecule has 2 unspecified atom stereocenters. The first-order chi connectivity index (χ1) is 8.38. The first-order valence-corrected chi connectivity index (χ1v) is 6.50. The van der Waals surface area contributed by atoms with E-state index in [1.165, 1.54) is 18.4 Å². The number of hydrogen-bond donors (Lipinski definition) is 2. The van der Waals surface area contributed by atoms with Crippen LogP contribution in [0.15, 0.2) is 30.3 Å². The highest BCUT2D eigenvalue weighted by molar-refractivity contribution is 5.14. The molecule has 1 aromatic rings. The average Bonchev–Trinajstić information content (AvgIpc) is 2.88. The highest BCUT2D eigenvalue weighted by Gasteiger charge is 2.19. The monoisotopic (exact) mass is 234 g/mol. The minimum Gasteiger partial charge on any atom is -0.378 e. The Morgan fingerprint density at radius 1 is 1.35 bits per heavy atom. The van der Waals surface area contributed by atoms with E-state index in [1.54, 1.807) is 0 Å².